The first-order valence-electron chi connectivity index (χ1n) is 11.6. The highest BCUT2D eigenvalue weighted by molar-refractivity contribution is 5.92. The van der Waals surface area contributed by atoms with E-state index in [2.05, 4.69) is 27.9 Å². The second-order valence-electron chi connectivity index (χ2n) is 10.1. The highest BCUT2D eigenvalue weighted by Crippen LogP contribution is 2.40. The highest BCUT2D eigenvalue weighted by atomic mass is 16.6. The van der Waals surface area contributed by atoms with Crippen LogP contribution < -0.4 is 10.6 Å². The van der Waals surface area contributed by atoms with Crippen LogP contribution in [0.25, 0.3) is 0 Å². The smallest absolute Gasteiger partial charge is 0.407 e. The van der Waals surface area contributed by atoms with E-state index in [4.69, 9.17) is 9.26 Å². The Kier molecular flexibility index (Phi) is 6.53. The molecule has 32 heavy (non-hydrogen) atoms. The minimum atomic E-state index is -0.532. The Balaban J connectivity index is 1.41. The Bertz CT molecular complexity index is 930. The van der Waals surface area contributed by atoms with Crippen molar-refractivity contribution in [3.63, 3.8) is 0 Å². The number of alkyl carbamates (subject to hydrolysis) is 1. The third-order valence-corrected chi connectivity index (χ3v) is 6.10. The molecule has 0 radical (unpaired) electrons. The largest absolute Gasteiger partial charge is 0.444 e. The lowest BCUT2D eigenvalue weighted by molar-refractivity contribution is 0.0473. The maximum atomic E-state index is 12.9. The third-order valence-electron chi connectivity index (χ3n) is 6.10. The van der Waals surface area contributed by atoms with Crippen LogP contribution in [0.15, 0.2) is 40.9 Å². The number of aromatic nitrogens is 1. The molecule has 0 bridgehead atoms. The second kappa shape index (κ2) is 9.35. The molecule has 0 spiro atoms. The zero-order valence-electron chi connectivity index (χ0n) is 19.1. The third kappa shape index (κ3) is 6.11. The number of hydrogen-bond donors (Lipinski definition) is 2. The van der Waals surface area contributed by atoms with Crippen LogP contribution in [0, 0.1) is 5.92 Å². The number of benzene rings is 1. The van der Waals surface area contributed by atoms with E-state index in [1.54, 1.807) is 6.07 Å². The second-order valence-corrected chi connectivity index (χ2v) is 10.1. The maximum absolute atomic E-state index is 12.9. The van der Waals surface area contributed by atoms with Crippen molar-refractivity contribution in [1.29, 1.82) is 0 Å². The first-order valence-corrected chi connectivity index (χ1v) is 11.6. The Hall–Kier alpha value is -2.83. The minimum absolute atomic E-state index is 0.000433. The van der Waals surface area contributed by atoms with Crippen LogP contribution in [0.4, 0.5) is 4.79 Å². The topological polar surface area (TPSA) is 93.5 Å². The van der Waals surface area contributed by atoms with Crippen LogP contribution in [-0.2, 0) is 11.2 Å². The molecule has 4 rings (SSSR count). The fraction of sp³-hybridized carbons (Fsp3) is 0.560. The number of ether oxygens (including phenoxy) is 1. The molecule has 1 heterocycles. The molecule has 2 N–H and O–H groups in total. The van der Waals surface area contributed by atoms with Crippen molar-refractivity contribution in [1.82, 2.24) is 15.8 Å². The maximum Gasteiger partial charge on any atom is 0.407 e. The summed E-state index contributed by atoms with van der Waals surface area (Å²) < 4.78 is 10.8. The van der Waals surface area contributed by atoms with Gasteiger partial charge in [-0.3, -0.25) is 4.79 Å². The van der Waals surface area contributed by atoms with Crippen LogP contribution in [-0.4, -0.2) is 34.8 Å². The first-order chi connectivity index (χ1) is 15.3. The Morgan fingerprint density at radius 2 is 1.84 bits per heavy atom. The van der Waals surface area contributed by atoms with Crippen LogP contribution in [0.5, 0.6) is 0 Å². The summed E-state index contributed by atoms with van der Waals surface area (Å²) in [5, 5.41) is 10.2. The van der Waals surface area contributed by atoms with Gasteiger partial charge in [-0.25, -0.2) is 4.79 Å². The van der Waals surface area contributed by atoms with Gasteiger partial charge < -0.3 is 19.9 Å². The summed E-state index contributed by atoms with van der Waals surface area (Å²) in [6.07, 6.45) is 4.96. The van der Waals surface area contributed by atoms with Crippen LogP contribution in [0.3, 0.4) is 0 Å². The van der Waals surface area contributed by atoms with Gasteiger partial charge in [0.05, 0.1) is 0 Å². The van der Waals surface area contributed by atoms with Gasteiger partial charge in [0.25, 0.3) is 5.91 Å². The van der Waals surface area contributed by atoms with Crippen molar-refractivity contribution >= 4 is 12.0 Å². The van der Waals surface area contributed by atoms with Gasteiger partial charge >= 0.3 is 6.09 Å². The monoisotopic (exact) mass is 439 g/mol. The number of rotatable bonds is 6. The van der Waals surface area contributed by atoms with E-state index in [0.717, 1.165) is 44.3 Å². The zero-order chi connectivity index (χ0) is 22.7. The van der Waals surface area contributed by atoms with Crippen LogP contribution in [0.1, 0.15) is 80.6 Å². The van der Waals surface area contributed by atoms with Gasteiger partial charge in [-0.1, -0.05) is 35.5 Å². The molecule has 1 aromatic heterocycles. The first kappa shape index (κ1) is 22.4. The average Bonchev–Trinajstić information content (AvgIpc) is 3.45. The Morgan fingerprint density at radius 3 is 2.53 bits per heavy atom. The van der Waals surface area contributed by atoms with E-state index < -0.39 is 11.7 Å². The van der Waals surface area contributed by atoms with E-state index in [1.807, 2.05) is 39.0 Å². The highest BCUT2D eigenvalue weighted by Gasteiger charge is 2.34. The summed E-state index contributed by atoms with van der Waals surface area (Å²) in [4.78, 5) is 25.1. The van der Waals surface area contributed by atoms with Crippen LogP contribution in [0.2, 0.25) is 0 Å². The molecule has 1 aromatic carbocycles. The van der Waals surface area contributed by atoms with Crippen molar-refractivity contribution < 1.29 is 18.8 Å². The van der Waals surface area contributed by atoms with Crippen molar-refractivity contribution in [3.8, 4) is 0 Å². The fourth-order valence-corrected chi connectivity index (χ4v) is 4.40. The molecule has 7 heteroatoms. The average molecular weight is 440 g/mol. The van der Waals surface area contributed by atoms with Crippen molar-refractivity contribution in [2.45, 2.75) is 82.9 Å². The lowest BCUT2D eigenvalue weighted by Gasteiger charge is -2.37. The molecule has 3 atom stereocenters. The van der Waals surface area contributed by atoms with Crippen LogP contribution >= 0.6 is 0 Å². The lowest BCUT2D eigenvalue weighted by atomic mass is 9.78. The SMILES string of the molecule is CC(C)(C)OC(=O)N[C@H]1CC[C@H](NC(=O)c2cc(C3CC3)on2)[C@H](Cc2ccccc2)C1. The van der Waals surface area contributed by atoms with Gasteiger partial charge in [0.1, 0.15) is 11.4 Å². The predicted molar refractivity (Wildman–Crippen MR) is 120 cm³/mol. The van der Waals surface area contributed by atoms with Crippen molar-refractivity contribution in [2.24, 2.45) is 5.92 Å². The summed E-state index contributed by atoms with van der Waals surface area (Å²) in [5.41, 5.74) is 1.03. The lowest BCUT2D eigenvalue weighted by Crippen LogP contribution is -2.50. The van der Waals surface area contributed by atoms with Crippen molar-refractivity contribution in [2.75, 3.05) is 0 Å². The molecule has 0 unspecified atom stereocenters. The van der Waals surface area contributed by atoms with E-state index >= 15 is 0 Å². The minimum Gasteiger partial charge on any atom is -0.444 e. The van der Waals surface area contributed by atoms with Gasteiger partial charge in [0, 0.05) is 24.1 Å². The quantitative estimate of drug-likeness (QED) is 0.687. The van der Waals surface area contributed by atoms with E-state index in [1.165, 1.54) is 5.56 Å². The van der Waals surface area contributed by atoms with Gasteiger partial charge in [-0.05, 0) is 70.8 Å². The molecule has 2 aliphatic rings. The predicted octanol–water partition coefficient (Wildman–Crippen LogP) is 4.59. The fourth-order valence-electron chi connectivity index (χ4n) is 4.40. The Labute approximate surface area is 189 Å². The Morgan fingerprint density at radius 1 is 1.09 bits per heavy atom. The summed E-state index contributed by atoms with van der Waals surface area (Å²) in [6, 6.07) is 12.0. The van der Waals surface area contributed by atoms with E-state index in [-0.39, 0.29) is 23.9 Å². The molecule has 172 valence electrons. The summed E-state index contributed by atoms with van der Waals surface area (Å²) in [7, 11) is 0. The van der Waals surface area contributed by atoms with Gasteiger partial charge in [-0.15, -0.1) is 0 Å². The number of nitrogens with zero attached hydrogens (tertiary/aromatic N) is 1. The molecule has 7 nitrogen and oxygen atoms in total. The molecule has 0 saturated heterocycles. The van der Waals surface area contributed by atoms with E-state index in [9.17, 15) is 9.59 Å². The van der Waals surface area contributed by atoms with Gasteiger partial charge in [-0.2, -0.15) is 0 Å². The summed E-state index contributed by atoms with van der Waals surface area (Å²) in [6.45, 7) is 5.57. The van der Waals surface area contributed by atoms with E-state index in [0.29, 0.717) is 11.6 Å². The van der Waals surface area contributed by atoms with Gasteiger partial charge in [0.2, 0.25) is 0 Å². The molecular weight excluding hydrogens is 406 g/mol. The zero-order valence-corrected chi connectivity index (χ0v) is 19.1. The standard InChI is InChI=1S/C25H33N3O4/c1-25(2,3)31-24(30)26-19-11-12-20(18(14-19)13-16-7-5-4-6-8-16)27-23(29)21-15-22(32-28-21)17-9-10-17/h4-8,15,17-20H,9-14H2,1-3H3,(H,26,30)(H,27,29)/t18-,19+,20+/m1/s1. The van der Waals surface area contributed by atoms with Gasteiger partial charge in [0.15, 0.2) is 5.69 Å². The van der Waals surface area contributed by atoms with Crippen molar-refractivity contribution in [3.05, 3.63) is 53.4 Å². The summed E-state index contributed by atoms with van der Waals surface area (Å²) in [5.74, 6) is 1.22. The molecule has 0 aliphatic heterocycles. The number of hydrogen-bond acceptors (Lipinski definition) is 5. The summed E-state index contributed by atoms with van der Waals surface area (Å²) >= 11 is 0. The number of nitrogens with one attached hydrogen (secondary N) is 2. The normalized spacial score (nSPS) is 23.4. The molecule has 2 fully saturated rings. The molecule has 2 aromatic rings. The number of carbonyl (C=O) groups excluding carboxylic acids is 2. The number of carbonyl (C=O) groups is 2. The molecule has 2 saturated carbocycles. The molecule has 2 amide bonds. The molecule has 2 aliphatic carbocycles. The number of amides is 2. The molecular formula is C25H33N3O4.